The van der Waals surface area contributed by atoms with Gasteiger partial charge in [0.2, 0.25) is 12.7 Å². The Bertz CT molecular complexity index is 945. The van der Waals surface area contributed by atoms with Gasteiger partial charge in [0.25, 0.3) is 0 Å². The molecular formula is C20H21N5O2. The summed E-state index contributed by atoms with van der Waals surface area (Å²) in [6, 6.07) is 14.0. The number of ether oxygens (including phenoxy) is 2. The summed E-state index contributed by atoms with van der Waals surface area (Å²) in [6.45, 7) is 5.18. The van der Waals surface area contributed by atoms with Crippen molar-refractivity contribution in [1.82, 2.24) is 15.2 Å². The predicted molar refractivity (Wildman–Crippen MR) is 104 cm³/mol. The van der Waals surface area contributed by atoms with E-state index in [1.165, 1.54) is 5.56 Å². The van der Waals surface area contributed by atoms with Crippen molar-refractivity contribution in [2.24, 2.45) is 0 Å². The van der Waals surface area contributed by atoms with Gasteiger partial charge in [-0.05, 0) is 35.2 Å². The van der Waals surface area contributed by atoms with Crippen LogP contribution in [0.5, 0.6) is 11.5 Å². The molecule has 0 radical (unpaired) electrons. The van der Waals surface area contributed by atoms with Gasteiger partial charge in [0.05, 0.1) is 6.20 Å². The lowest BCUT2D eigenvalue weighted by atomic mass is 10.0. The van der Waals surface area contributed by atoms with Crippen LogP contribution in [0, 0.1) is 0 Å². The number of fused-ring (bicyclic) bond motifs is 1. The highest BCUT2D eigenvalue weighted by Gasteiger charge is 2.13. The van der Waals surface area contributed by atoms with Gasteiger partial charge in [0.1, 0.15) is 0 Å². The summed E-state index contributed by atoms with van der Waals surface area (Å²) in [4.78, 5) is 4.50. The Morgan fingerprint density at radius 3 is 2.81 bits per heavy atom. The summed E-state index contributed by atoms with van der Waals surface area (Å²) in [7, 11) is 0. The van der Waals surface area contributed by atoms with Crippen LogP contribution in [0.2, 0.25) is 0 Å². The Balaban J connectivity index is 1.45. The topological polar surface area (TPSA) is 81.2 Å². The number of nitrogens with one attached hydrogen (secondary N) is 2. The monoisotopic (exact) mass is 363 g/mol. The summed E-state index contributed by atoms with van der Waals surface area (Å²) in [5.41, 5.74) is 3.26. The van der Waals surface area contributed by atoms with Crippen LogP contribution in [0.4, 0.5) is 17.5 Å². The lowest BCUT2D eigenvalue weighted by Crippen LogP contribution is -2.06. The zero-order valence-corrected chi connectivity index (χ0v) is 15.3. The summed E-state index contributed by atoms with van der Waals surface area (Å²) >= 11 is 0. The quantitative estimate of drug-likeness (QED) is 0.683. The van der Waals surface area contributed by atoms with Crippen LogP contribution in [0.3, 0.4) is 0 Å². The molecule has 3 aromatic rings. The van der Waals surface area contributed by atoms with Gasteiger partial charge in [-0.2, -0.15) is 10.1 Å². The zero-order chi connectivity index (χ0) is 18.6. The number of para-hydroxylation sites is 1. The molecule has 0 atom stereocenters. The molecule has 0 bridgehead atoms. The molecular weight excluding hydrogens is 342 g/mol. The van der Waals surface area contributed by atoms with Crippen LogP contribution in [0.15, 0.2) is 48.7 Å². The minimum Gasteiger partial charge on any atom is -0.454 e. The van der Waals surface area contributed by atoms with Gasteiger partial charge in [-0.15, -0.1) is 5.10 Å². The summed E-state index contributed by atoms with van der Waals surface area (Å²) < 4.78 is 10.7. The number of nitrogens with zero attached hydrogens (tertiary/aromatic N) is 3. The Labute approximate surface area is 157 Å². The maximum atomic E-state index is 5.41. The van der Waals surface area contributed by atoms with Gasteiger partial charge in [-0.1, -0.05) is 38.1 Å². The minimum atomic E-state index is 0.273. The fourth-order valence-corrected chi connectivity index (χ4v) is 2.92. The van der Waals surface area contributed by atoms with E-state index in [0.717, 1.165) is 22.7 Å². The molecule has 2 heterocycles. The average Bonchev–Trinajstić information content (AvgIpc) is 3.15. The highest BCUT2D eigenvalue weighted by Crippen LogP contribution is 2.32. The van der Waals surface area contributed by atoms with Crippen molar-refractivity contribution in [3.05, 3.63) is 59.8 Å². The first-order valence-corrected chi connectivity index (χ1v) is 8.87. The average molecular weight is 363 g/mol. The van der Waals surface area contributed by atoms with E-state index in [1.54, 1.807) is 6.20 Å². The largest absolute Gasteiger partial charge is 0.454 e. The van der Waals surface area contributed by atoms with Crippen LogP contribution >= 0.6 is 0 Å². The molecule has 0 fully saturated rings. The summed E-state index contributed by atoms with van der Waals surface area (Å²) in [5, 5.41) is 14.7. The third-order valence-corrected chi connectivity index (χ3v) is 4.30. The summed E-state index contributed by atoms with van der Waals surface area (Å²) in [6.07, 6.45) is 1.60. The smallest absolute Gasteiger partial charge is 0.249 e. The number of anilines is 3. The van der Waals surface area contributed by atoms with Crippen molar-refractivity contribution in [2.75, 3.05) is 17.4 Å². The number of hydrogen-bond acceptors (Lipinski definition) is 7. The second-order valence-corrected chi connectivity index (χ2v) is 6.57. The zero-order valence-electron chi connectivity index (χ0n) is 15.3. The molecule has 7 nitrogen and oxygen atoms in total. The molecule has 7 heteroatoms. The van der Waals surface area contributed by atoms with Crippen molar-refractivity contribution in [1.29, 1.82) is 0 Å². The first-order valence-electron chi connectivity index (χ1n) is 8.87. The van der Waals surface area contributed by atoms with Gasteiger partial charge in [-0.25, -0.2) is 0 Å². The minimum absolute atomic E-state index is 0.273. The van der Waals surface area contributed by atoms with Crippen LogP contribution in [0.1, 0.15) is 30.9 Å². The molecule has 1 aliphatic heterocycles. The number of aromatic nitrogens is 3. The molecule has 2 aromatic carbocycles. The van der Waals surface area contributed by atoms with Crippen LogP contribution in [-0.4, -0.2) is 22.0 Å². The third-order valence-electron chi connectivity index (χ3n) is 4.30. The molecule has 27 heavy (non-hydrogen) atoms. The second kappa shape index (κ2) is 7.49. The van der Waals surface area contributed by atoms with E-state index in [4.69, 9.17) is 9.47 Å². The third kappa shape index (κ3) is 3.92. The number of benzene rings is 2. The molecule has 0 spiro atoms. The maximum Gasteiger partial charge on any atom is 0.249 e. The van der Waals surface area contributed by atoms with Gasteiger partial charge in [-0.3, -0.25) is 0 Å². The molecule has 0 amide bonds. The van der Waals surface area contributed by atoms with Crippen molar-refractivity contribution in [2.45, 2.75) is 26.3 Å². The molecule has 1 aliphatic rings. The highest BCUT2D eigenvalue weighted by atomic mass is 16.7. The van der Waals surface area contributed by atoms with Crippen molar-refractivity contribution in [3.8, 4) is 11.5 Å². The fraction of sp³-hybridized carbons (Fsp3) is 0.250. The Kier molecular flexibility index (Phi) is 4.74. The van der Waals surface area contributed by atoms with E-state index >= 15 is 0 Å². The van der Waals surface area contributed by atoms with Crippen LogP contribution in [-0.2, 0) is 6.54 Å². The van der Waals surface area contributed by atoms with E-state index in [2.05, 4.69) is 45.7 Å². The van der Waals surface area contributed by atoms with Crippen molar-refractivity contribution in [3.63, 3.8) is 0 Å². The summed E-state index contributed by atoms with van der Waals surface area (Å²) in [5.74, 6) is 3.04. The Hall–Kier alpha value is -3.35. The lowest BCUT2D eigenvalue weighted by molar-refractivity contribution is 0.174. The fourth-order valence-electron chi connectivity index (χ4n) is 2.92. The van der Waals surface area contributed by atoms with Gasteiger partial charge in [0.15, 0.2) is 17.3 Å². The maximum absolute atomic E-state index is 5.41. The molecule has 1 aromatic heterocycles. The Morgan fingerprint density at radius 2 is 1.93 bits per heavy atom. The van der Waals surface area contributed by atoms with Gasteiger partial charge in [0, 0.05) is 12.2 Å². The van der Waals surface area contributed by atoms with E-state index < -0.39 is 0 Å². The number of rotatable bonds is 6. The molecule has 0 aliphatic carbocycles. The lowest BCUT2D eigenvalue weighted by Gasteiger charge is -2.13. The van der Waals surface area contributed by atoms with Crippen LogP contribution in [0.25, 0.3) is 0 Å². The SMILES string of the molecule is CC(C)c1ccccc1Nc1nncc(NCc2ccc3c(c2)OCO3)n1. The first-order chi connectivity index (χ1) is 13.2. The molecule has 4 rings (SSSR count). The molecule has 2 N–H and O–H groups in total. The van der Waals surface area contributed by atoms with E-state index in [1.807, 2.05) is 36.4 Å². The first kappa shape index (κ1) is 17.1. The molecule has 0 unspecified atom stereocenters. The van der Waals surface area contributed by atoms with E-state index in [-0.39, 0.29) is 6.79 Å². The van der Waals surface area contributed by atoms with Crippen molar-refractivity contribution < 1.29 is 9.47 Å². The van der Waals surface area contributed by atoms with Crippen LogP contribution < -0.4 is 20.1 Å². The predicted octanol–water partition coefficient (Wildman–Crippen LogP) is 4.08. The standard InChI is InChI=1S/C20H21N5O2/c1-13(2)15-5-3-4-6-16(15)23-20-24-19(11-22-25-20)21-10-14-7-8-17-18(9-14)27-12-26-17/h3-9,11,13H,10,12H2,1-2H3,(H2,21,23,24,25). The molecule has 0 saturated heterocycles. The number of hydrogen-bond donors (Lipinski definition) is 2. The van der Waals surface area contributed by atoms with Gasteiger partial charge < -0.3 is 20.1 Å². The van der Waals surface area contributed by atoms with Gasteiger partial charge >= 0.3 is 0 Å². The van der Waals surface area contributed by atoms with E-state index in [0.29, 0.717) is 24.2 Å². The molecule has 138 valence electrons. The molecule has 0 saturated carbocycles. The normalized spacial score (nSPS) is 12.3. The second-order valence-electron chi connectivity index (χ2n) is 6.57. The Morgan fingerprint density at radius 1 is 1.07 bits per heavy atom. The van der Waals surface area contributed by atoms with E-state index in [9.17, 15) is 0 Å². The van der Waals surface area contributed by atoms with Crippen molar-refractivity contribution >= 4 is 17.5 Å². The highest BCUT2D eigenvalue weighted by molar-refractivity contribution is 5.60.